The lowest BCUT2D eigenvalue weighted by atomic mass is 10.0. The van der Waals surface area contributed by atoms with Gasteiger partial charge in [-0.25, -0.2) is 17.4 Å². The van der Waals surface area contributed by atoms with Gasteiger partial charge in [-0.3, -0.25) is 4.90 Å². The molecular weight excluding hydrogens is 564 g/mol. The summed E-state index contributed by atoms with van der Waals surface area (Å²) in [5.41, 5.74) is 3.94. The van der Waals surface area contributed by atoms with Crippen LogP contribution in [-0.4, -0.2) is 97.9 Å². The van der Waals surface area contributed by atoms with Crippen LogP contribution in [0.3, 0.4) is 0 Å². The van der Waals surface area contributed by atoms with Crippen LogP contribution in [0.15, 0.2) is 54.9 Å². The van der Waals surface area contributed by atoms with Gasteiger partial charge in [0.05, 0.1) is 30.3 Å². The standard InChI is InChI=1S/C31H40N8O3S/c1-22-21-32-31(35-30(22)33-27-7-5-6-23-10-15-39(29(23)27)43(4,40)41)34-26-9-8-25(20-28(26)42-3)37-13-11-24(12-14-37)38-18-16-36(2)17-19-38/h5-10,15,20-21,24H,11-14,16-19H2,1-4H3,(H2,32,33,34,35). The molecule has 0 spiro atoms. The molecule has 0 saturated carbocycles. The van der Waals surface area contributed by atoms with Crippen molar-refractivity contribution in [2.75, 3.05) is 75.2 Å². The van der Waals surface area contributed by atoms with E-state index in [4.69, 9.17) is 9.72 Å². The number of ether oxygens (including phenoxy) is 1. The highest BCUT2D eigenvalue weighted by Gasteiger charge is 2.27. The van der Waals surface area contributed by atoms with Crippen LogP contribution >= 0.6 is 0 Å². The first-order chi connectivity index (χ1) is 20.7. The second-order valence-corrected chi connectivity index (χ2v) is 13.4. The molecule has 11 nitrogen and oxygen atoms in total. The number of anilines is 5. The van der Waals surface area contributed by atoms with Crippen molar-refractivity contribution in [3.05, 3.63) is 60.4 Å². The van der Waals surface area contributed by atoms with Crippen molar-refractivity contribution in [3.63, 3.8) is 0 Å². The molecule has 0 amide bonds. The van der Waals surface area contributed by atoms with Gasteiger partial charge in [-0.05, 0) is 51.1 Å². The van der Waals surface area contributed by atoms with Gasteiger partial charge in [-0.2, -0.15) is 4.98 Å². The van der Waals surface area contributed by atoms with Crippen LogP contribution in [0.2, 0.25) is 0 Å². The lowest BCUT2D eigenvalue weighted by molar-refractivity contribution is 0.0982. The molecule has 2 aliphatic rings. The molecule has 6 rings (SSSR count). The van der Waals surface area contributed by atoms with Gasteiger partial charge in [0.2, 0.25) is 16.0 Å². The summed E-state index contributed by atoms with van der Waals surface area (Å²) >= 11 is 0. The number of piperidine rings is 1. The average Bonchev–Trinajstić information content (AvgIpc) is 3.46. The van der Waals surface area contributed by atoms with Gasteiger partial charge in [0.1, 0.15) is 11.6 Å². The third-order valence-electron chi connectivity index (χ3n) is 8.57. The minimum absolute atomic E-state index is 0.401. The number of fused-ring (bicyclic) bond motifs is 1. The average molecular weight is 605 g/mol. The molecule has 2 aromatic carbocycles. The molecule has 4 aromatic rings. The van der Waals surface area contributed by atoms with Gasteiger partial charge in [-0.1, -0.05) is 12.1 Å². The van der Waals surface area contributed by atoms with Gasteiger partial charge < -0.3 is 25.2 Å². The van der Waals surface area contributed by atoms with Crippen molar-refractivity contribution >= 4 is 49.8 Å². The zero-order valence-electron chi connectivity index (χ0n) is 25.2. The Morgan fingerprint density at radius 1 is 0.953 bits per heavy atom. The third kappa shape index (κ3) is 6.27. The predicted octanol–water partition coefficient (Wildman–Crippen LogP) is 4.26. The number of likely N-dealkylation sites (N-methyl/N-ethyl adjacent to an activating group) is 1. The van der Waals surface area contributed by atoms with Crippen LogP contribution in [0, 0.1) is 6.92 Å². The number of nitrogens with zero attached hydrogens (tertiary/aromatic N) is 6. The molecule has 0 radical (unpaired) electrons. The normalized spacial score (nSPS) is 17.3. The van der Waals surface area contributed by atoms with Gasteiger partial charge in [0.15, 0.2) is 0 Å². The summed E-state index contributed by atoms with van der Waals surface area (Å²) in [5.74, 6) is 1.69. The zero-order chi connectivity index (χ0) is 30.1. The second kappa shape index (κ2) is 12.0. The molecule has 0 bridgehead atoms. The van der Waals surface area contributed by atoms with Crippen molar-refractivity contribution in [1.29, 1.82) is 0 Å². The third-order valence-corrected chi connectivity index (χ3v) is 9.59. The summed E-state index contributed by atoms with van der Waals surface area (Å²) in [5, 5.41) is 7.45. The van der Waals surface area contributed by atoms with Crippen LogP contribution in [0.1, 0.15) is 18.4 Å². The van der Waals surface area contributed by atoms with E-state index in [1.165, 1.54) is 23.1 Å². The molecule has 2 saturated heterocycles. The van der Waals surface area contributed by atoms with E-state index in [1.807, 2.05) is 31.2 Å². The second-order valence-electron chi connectivity index (χ2n) is 11.5. The molecule has 2 aliphatic heterocycles. The number of methoxy groups -OCH3 is 1. The molecule has 4 heterocycles. The van der Waals surface area contributed by atoms with Crippen LogP contribution < -0.4 is 20.3 Å². The summed E-state index contributed by atoms with van der Waals surface area (Å²) in [6.07, 6.45) is 6.83. The maximum Gasteiger partial charge on any atom is 0.236 e. The molecule has 2 fully saturated rings. The Hall–Kier alpha value is -3.87. The van der Waals surface area contributed by atoms with Gasteiger partial charge in [0, 0.05) is 80.4 Å². The maximum atomic E-state index is 12.4. The Kier molecular flexibility index (Phi) is 8.17. The van der Waals surface area contributed by atoms with E-state index in [-0.39, 0.29) is 0 Å². The van der Waals surface area contributed by atoms with Gasteiger partial charge in [-0.15, -0.1) is 0 Å². The molecule has 43 heavy (non-hydrogen) atoms. The van der Waals surface area contributed by atoms with E-state index in [0.29, 0.717) is 34.8 Å². The van der Waals surface area contributed by atoms with Gasteiger partial charge >= 0.3 is 0 Å². The number of para-hydroxylation sites is 1. The Balaban J connectivity index is 1.17. The fourth-order valence-corrected chi connectivity index (χ4v) is 6.89. The van der Waals surface area contributed by atoms with Gasteiger partial charge in [0.25, 0.3) is 0 Å². The minimum Gasteiger partial charge on any atom is -0.494 e. The van der Waals surface area contributed by atoms with Crippen molar-refractivity contribution in [2.45, 2.75) is 25.8 Å². The largest absolute Gasteiger partial charge is 0.494 e. The first-order valence-corrected chi connectivity index (χ1v) is 16.6. The van der Waals surface area contributed by atoms with Crippen LogP contribution in [0.5, 0.6) is 5.75 Å². The monoisotopic (exact) mass is 604 g/mol. The Morgan fingerprint density at radius 2 is 1.72 bits per heavy atom. The molecular formula is C31H40N8O3S. The number of rotatable bonds is 8. The fourth-order valence-electron chi connectivity index (χ4n) is 6.07. The smallest absolute Gasteiger partial charge is 0.236 e. The minimum atomic E-state index is -3.48. The van der Waals surface area contributed by atoms with Crippen LogP contribution in [-0.2, 0) is 10.0 Å². The van der Waals surface area contributed by atoms with Crippen molar-refractivity contribution in [1.82, 2.24) is 23.7 Å². The highest BCUT2D eigenvalue weighted by atomic mass is 32.2. The van der Waals surface area contributed by atoms with Crippen molar-refractivity contribution < 1.29 is 13.2 Å². The number of nitrogens with one attached hydrogen (secondary N) is 2. The number of hydrogen-bond acceptors (Lipinski definition) is 10. The van der Waals surface area contributed by atoms with Crippen molar-refractivity contribution in [2.24, 2.45) is 0 Å². The topological polar surface area (TPSA) is 108 Å². The van der Waals surface area contributed by atoms with E-state index in [0.717, 1.165) is 61.6 Å². The highest BCUT2D eigenvalue weighted by Crippen LogP contribution is 2.34. The Labute approximate surface area is 253 Å². The highest BCUT2D eigenvalue weighted by molar-refractivity contribution is 7.89. The van der Waals surface area contributed by atoms with E-state index in [2.05, 4.69) is 49.5 Å². The molecule has 0 atom stereocenters. The molecule has 0 aliphatic carbocycles. The summed E-state index contributed by atoms with van der Waals surface area (Å²) in [4.78, 5) is 16.7. The summed E-state index contributed by atoms with van der Waals surface area (Å²) < 4.78 is 31.8. The van der Waals surface area contributed by atoms with E-state index in [1.54, 1.807) is 25.6 Å². The lowest BCUT2D eigenvalue weighted by Crippen LogP contribution is -2.52. The molecule has 2 aromatic heterocycles. The SMILES string of the molecule is COc1cc(N2CCC(N3CCN(C)CC3)CC2)ccc1Nc1ncc(C)c(Nc2cccc3ccn(S(C)(=O)=O)c23)n1. The molecule has 2 N–H and O–H groups in total. The van der Waals surface area contributed by atoms with Crippen molar-refractivity contribution in [3.8, 4) is 5.75 Å². The zero-order valence-corrected chi connectivity index (χ0v) is 26.1. The Bertz CT molecular complexity index is 1710. The maximum absolute atomic E-state index is 12.4. The summed E-state index contributed by atoms with van der Waals surface area (Å²) in [7, 11) is 0.397. The van der Waals surface area contributed by atoms with Crippen LogP contribution in [0.4, 0.5) is 28.8 Å². The fraction of sp³-hybridized carbons (Fsp3) is 0.419. The molecule has 228 valence electrons. The number of piperazine rings is 1. The number of aryl methyl sites for hydroxylation is 1. The molecule has 0 unspecified atom stereocenters. The summed E-state index contributed by atoms with van der Waals surface area (Å²) in [6.45, 7) is 8.60. The summed E-state index contributed by atoms with van der Waals surface area (Å²) in [6, 6.07) is 14.3. The predicted molar refractivity (Wildman–Crippen MR) is 173 cm³/mol. The Morgan fingerprint density at radius 3 is 2.44 bits per heavy atom. The first kappa shape index (κ1) is 29.2. The number of aromatic nitrogens is 3. The van der Waals surface area contributed by atoms with Crippen LogP contribution in [0.25, 0.3) is 10.9 Å². The number of hydrogen-bond donors (Lipinski definition) is 2. The quantitative estimate of drug-likeness (QED) is 0.303. The van der Waals surface area contributed by atoms with E-state index < -0.39 is 10.0 Å². The van der Waals surface area contributed by atoms with E-state index >= 15 is 0 Å². The molecule has 12 heteroatoms. The number of benzene rings is 2. The lowest BCUT2D eigenvalue weighted by Gasteiger charge is -2.42. The first-order valence-electron chi connectivity index (χ1n) is 14.7. The van der Waals surface area contributed by atoms with E-state index in [9.17, 15) is 8.42 Å².